The zero-order valence-corrected chi connectivity index (χ0v) is 9.71. The van der Waals surface area contributed by atoms with Crippen LogP contribution in [0.2, 0.25) is 0 Å². The largest absolute Gasteiger partial charge is 0.377 e. The number of nitrogens with two attached hydrogens (primary N) is 1. The molecule has 3 N–H and O–H groups in total. The lowest BCUT2D eigenvalue weighted by Crippen LogP contribution is -2.54. The number of rotatable bonds is 6. The molecule has 1 aliphatic heterocycles. The predicted octanol–water partition coefficient (Wildman–Crippen LogP) is 0.799. The van der Waals surface area contributed by atoms with E-state index in [1.54, 1.807) is 0 Å². The van der Waals surface area contributed by atoms with Gasteiger partial charge in [0.2, 0.25) is 5.91 Å². The van der Waals surface area contributed by atoms with Gasteiger partial charge in [-0.15, -0.1) is 0 Å². The summed E-state index contributed by atoms with van der Waals surface area (Å²) in [5.74, 6) is -0.276. The summed E-state index contributed by atoms with van der Waals surface area (Å²) >= 11 is 0. The van der Waals surface area contributed by atoms with E-state index in [0.29, 0.717) is 0 Å². The Labute approximate surface area is 91.5 Å². The molecule has 15 heavy (non-hydrogen) atoms. The highest BCUT2D eigenvalue weighted by Gasteiger charge is 2.30. The summed E-state index contributed by atoms with van der Waals surface area (Å²) in [7, 11) is 0. The molecule has 0 aromatic carbocycles. The van der Waals surface area contributed by atoms with Crippen LogP contribution >= 0.6 is 0 Å². The van der Waals surface area contributed by atoms with Crippen molar-refractivity contribution in [2.75, 3.05) is 13.2 Å². The molecule has 1 aliphatic rings. The number of carbonyl (C=O) groups is 1. The maximum Gasteiger partial charge on any atom is 0.237 e. The monoisotopic (exact) mass is 214 g/mol. The molecular weight excluding hydrogens is 192 g/mol. The van der Waals surface area contributed by atoms with Crippen molar-refractivity contribution < 1.29 is 9.53 Å². The Morgan fingerprint density at radius 1 is 1.67 bits per heavy atom. The number of hydrogen-bond donors (Lipinski definition) is 2. The molecule has 1 fully saturated rings. The van der Waals surface area contributed by atoms with Crippen LogP contribution in [-0.2, 0) is 9.53 Å². The second-order valence-electron chi connectivity index (χ2n) is 4.46. The van der Waals surface area contributed by atoms with Crippen molar-refractivity contribution in [2.24, 2.45) is 5.73 Å². The van der Waals surface area contributed by atoms with Crippen molar-refractivity contribution in [3.63, 3.8) is 0 Å². The molecule has 2 atom stereocenters. The summed E-state index contributed by atoms with van der Waals surface area (Å²) in [6.45, 7) is 5.48. The maximum absolute atomic E-state index is 11.3. The predicted molar refractivity (Wildman–Crippen MR) is 59.5 cm³/mol. The van der Waals surface area contributed by atoms with E-state index in [-0.39, 0.29) is 12.0 Å². The van der Waals surface area contributed by atoms with Gasteiger partial charge >= 0.3 is 0 Å². The average Bonchev–Trinajstić information content (AvgIpc) is 2.67. The first-order chi connectivity index (χ1) is 7.08. The van der Waals surface area contributed by atoms with Crippen LogP contribution in [-0.4, -0.2) is 30.7 Å². The van der Waals surface area contributed by atoms with E-state index in [2.05, 4.69) is 12.2 Å². The normalized spacial score (nSPS) is 25.1. The SMILES string of the molecule is CCCC(C)(NCC1CCCO1)C(N)=O. The Morgan fingerprint density at radius 3 is 2.87 bits per heavy atom. The maximum atomic E-state index is 11.3. The minimum atomic E-state index is -0.583. The Morgan fingerprint density at radius 2 is 2.40 bits per heavy atom. The lowest BCUT2D eigenvalue weighted by atomic mass is 9.95. The van der Waals surface area contributed by atoms with Crippen LogP contribution in [0, 0.1) is 0 Å². The molecule has 0 aromatic heterocycles. The summed E-state index contributed by atoms with van der Waals surface area (Å²) in [5, 5.41) is 3.24. The fraction of sp³-hybridized carbons (Fsp3) is 0.909. The molecule has 88 valence electrons. The van der Waals surface area contributed by atoms with Gasteiger partial charge in [0, 0.05) is 13.2 Å². The highest BCUT2D eigenvalue weighted by Crippen LogP contribution is 2.15. The zero-order chi connectivity index (χ0) is 11.3. The quantitative estimate of drug-likeness (QED) is 0.687. The molecular formula is C11H22N2O2. The molecule has 0 bridgehead atoms. The number of hydrogen-bond acceptors (Lipinski definition) is 3. The molecule has 0 saturated carbocycles. The van der Waals surface area contributed by atoms with Crippen LogP contribution in [0.3, 0.4) is 0 Å². The summed E-state index contributed by atoms with van der Waals surface area (Å²) in [6.07, 6.45) is 4.16. The van der Waals surface area contributed by atoms with E-state index in [0.717, 1.165) is 38.8 Å². The molecule has 1 rings (SSSR count). The lowest BCUT2D eigenvalue weighted by Gasteiger charge is -2.28. The van der Waals surface area contributed by atoms with Gasteiger partial charge in [0.05, 0.1) is 11.6 Å². The van der Waals surface area contributed by atoms with Crippen LogP contribution in [0.15, 0.2) is 0 Å². The van der Waals surface area contributed by atoms with Gasteiger partial charge in [0.15, 0.2) is 0 Å². The fourth-order valence-corrected chi connectivity index (χ4v) is 1.94. The van der Waals surface area contributed by atoms with E-state index < -0.39 is 5.54 Å². The first-order valence-corrected chi connectivity index (χ1v) is 5.75. The smallest absolute Gasteiger partial charge is 0.237 e. The minimum absolute atomic E-state index is 0.250. The lowest BCUT2D eigenvalue weighted by molar-refractivity contribution is -0.124. The van der Waals surface area contributed by atoms with Crippen LogP contribution < -0.4 is 11.1 Å². The van der Waals surface area contributed by atoms with Gasteiger partial charge in [0.25, 0.3) is 0 Å². The second kappa shape index (κ2) is 5.47. The van der Waals surface area contributed by atoms with Gasteiger partial charge in [-0.1, -0.05) is 13.3 Å². The van der Waals surface area contributed by atoms with E-state index in [1.165, 1.54) is 0 Å². The van der Waals surface area contributed by atoms with Crippen molar-refractivity contribution in [2.45, 2.75) is 51.2 Å². The van der Waals surface area contributed by atoms with E-state index in [1.807, 2.05) is 6.92 Å². The van der Waals surface area contributed by atoms with Gasteiger partial charge in [-0.25, -0.2) is 0 Å². The van der Waals surface area contributed by atoms with Crippen LogP contribution in [0.1, 0.15) is 39.5 Å². The number of amides is 1. The standard InChI is InChI=1S/C11H22N2O2/c1-3-6-11(2,10(12)14)13-8-9-5-4-7-15-9/h9,13H,3-8H2,1-2H3,(H2,12,14). The van der Waals surface area contributed by atoms with Crippen LogP contribution in [0.4, 0.5) is 0 Å². The molecule has 2 unspecified atom stereocenters. The Hall–Kier alpha value is -0.610. The third kappa shape index (κ3) is 3.47. The number of carbonyl (C=O) groups excluding carboxylic acids is 1. The molecule has 0 spiro atoms. The molecule has 0 aromatic rings. The Kier molecular flexibility index (Phi) is 4.54. The van der Waals surface area contributed by atoms with Gasteiger partial charge in [0.1, 0.15) is 0 Å². The van der Waals surface area contributed by atoms with Crippen molar-refractivity contribution in [3.8, 4) is 0 Å². The first-order valence-electron chi connectivity index (χ1n) is 5.75. The van der Waals surface area contributed by atoms with E-state index in [9.17, 15) is 4.79 Å². The third-order valence-corrected chi connectivity index (χ3v) is 3.04. The second-order valence-corrected chi connectivity index (χ2v) is 4.46. The van der Waals surface area contributed by atoms with Gasteiger partial charge in [-0.2, -0.15) is 0 Å². The van der Waals surface area contributed by atoms with Crippen molar-refractivity contribution in [1.29, 1.82) is 0 Å². The summed E-state index contributed by atoms with van der Waals surface area (Å²) in [5.41, 5.74) is 4.82. The minimum Gasteiger partial charge on any atom is -0.377 e. The number of ether oxygens (including phenoxy) is 1. The molecule has 4 nitrogen and oxygen atoms in total. The topological polar surface area (TPSA) is 64.3 Å². The Bertz CT molecular complexity index is 215. The van der Waals surface area contributed by atoms with Gasteiger partial charge < -0.3 is 15.8 Å². The molecule has 4 heteroatoms. The molecule has 1 saturated heterocycles. The molecule has 0 radical (unpaired) electrons. The van der Waals surface area contributed by atoms with Crippen molar-refractivity contribution in [1.82, 2.24) is 5.32 Å². The van der Waals surface area contributed by atoms with Crippen molar-refractivity contribution >= 4 is 5.91 Å². The van der Waals surface area contributed by atoms with Crippen molar-refractivity contribution in [3.05, 3.63) is 0 Å². The summed E-state index contributed by atoms with van der Waals surface area (Å²) in [4.78, 5) is 11.3. The highest BCUT2D eigenvalue weighted by molar-refractivity contribution is 5.84. The Balaban J connectivity index is 2.40. The van der Waals surface area contributed by atoms with E-state index >= 15 is 0 Å². The summed E-state index contributed by atoms with van der Waals surface area (Å²) in [6, 6.07) is 0. The van der Waals surface area contributed by atoms with Gasteiger partial charge in [-0.3, -0.25) is 4.79 Å². The average molecular weight is 214 g/mol. The molecule has 0 aliphatic carbocycles. The number of primary amides is 1. The van der Waals surface area contributed by atoms with E-state index in [4.69, 9.17) is 10.5 Å². The highest BCUT2D eigenvalue weighted by atomic mass is 16.5. The number of nitrogens with one attached hydrogen (secondary N) is 1. The first kappa shape index (κ1) is 12.5. The van der Waals surface area contributed by atoms with Crippen LogP contribution in [0.5, 0.6) is 0 Å². The molecule has 1 heterocycles. The third-order valence-electron chi connectivity index (χ3n) is 3.04. The van der Waals surface area contributed by atoms with Gasteiger partial charge in [-0.05, 0) is 26.2 Å². The fourth-order valence-electron chi connectivity index (χ4n) is 1.94. The van der Waals surface area contributed by atoms with Crippen LogP contribution in [0.25, 0.3) is 0 Å². The molecule has 1 amide bonds. The summed E-state index contributed by atoms with van der Waals surface area (Å²) < 4.78 is 5.49. The zero-order valence-electron chi connectivity index (χ0n) is 9.71.